The number of unbranched alkanes of at least 4 members (excludes halogenated alkanes) is 23. The summed E-state index contributed by atoms with van der Waals surface area (Å²) >= 11 is 0. The second-order valence-corrected chi connectivity index (χ2v) is 12.0. The van der Waals surface area contributed by atoms with Crippen molar-refractivity contribution >= 4 is 0 Å². The Balaban J connectivity index is 2.21. The van der Waals surface area contributed by atoms with Crippen LogP contribution in [0, 0.1) is 0 Å². The predicted molar refractivity (Wildman–Crippen MR) is 165 cm³/mol. The van der Waals surface area contributed by atoms with E-state index in [1.165, 1.54) is 186 Å². The normalized spacial score (nSPS) is 11.5. The Hall–Kier alpha value is -0.790. The highest BCUT2D eigenvalue weighted by Gasteiger charge is 2.16. The molecular weight excluding hydrogens is 448 g/mol. The first kappa shape index (κ1) is 34.2. The molecule has 1 aromatic heterocycles. The number of rotatable bonds is 29. The van der Waals surface area contributed by atoms with Crippen LogP contribution >= 0.6 is 0 Å². The van der Waals surface area contributed by atoms with Gasteiger partial charge in [-0.1, -0.05) is 156 Å². The van der Waals surface area contributed by atoms with E-state index in [0.29, 0.717) is 0 Å². The molecule has 37 heavy (non-hydrogen) atoms. The van der Waals surface area contributed by atoms with Gasteiger partial charge in [0.25, 0.3) is 5.82 Å². The number of hydrogen-bond acceptors (Lipinski definition) is 0. The third-order valence-corrected chi connectivity index (χ3v) is 8.35. The fourth-order valence-corrected chi connectivity index (χ4v) is 5.80. The van der Waals surface area contributed by atoms with Crippen LogP contribution in [0.5, 0.6) is 0 Å². The monoisotopic (exact) mass is 518 g/mol. The van der Waals surface area contributed by atoms with Crippen molar-refractivity contribution in [1.82, 2.24) is 4.57 Å². The molecular formula is C35H69N2+. The minimum atomic E-state index is 1.23. The summed E-state index contributed by atoms with van der Waals surface area (Å²) in [6.45, 7) is 9.39. The van der Waals surface area contributed by atoms with Gasteiger partial charge in [-0.25, -0.2) is 9.13 Å². The lowest BCUT2D eigenvalue weighted by Gasteiger charge is -2.07. The smallest absolute Gasteiger partial charge is 0.234 e. The molecule has 0 aliphatic rings. The maximum atomic E-state index is 2.61. The van der Waals surface area contributed by atoms with Crippen LogP contribution in [0.3, 0.4) is 0 Å². The molecule has 0 saturated carbocycles. The molecule has 1 rings (SSSR count). The van der Waals surface area contributed by atoms with Crippen LogP contribution in [0.25, 0.3) is 0 Å². The Kier molecular flexibility index (Phi) is 24.8. The third-order valence-electron chi connectivity index (χ3n) is 8.35. The molecule has 0 saturated heterocycles. The molecule has 0 atom stereocenters. The van der Waals surface area contributed by atoms with E-state index in [1.807, 2.05) is 0 Å². The van der Waals surface area contributed by atoms with Crippen LogP contribution in [0.15, 0.2) is 12.4 Å². The van der Waals surface area contributed by atoms with E-state index >= 15 is 0 Å². The summed E-state index contributed by atoms with van der Waals surface area (Å²) < 4.78 is 5.22. The average Bonchev–Trinajstić information content (AvgIpc) is 3.29. The Morgan fingerprint density at radius 1 is 0.459 bits per heavy atom. The lowest BCUT2D eigenvalue weighted by molar-refractivity contribution is -0.704. The Labute approximate surface area is 234 Å². The van der Waals surface area contributed by atoms with Crippen LogP contribution in [0.1, 0.15) is 194 Å². The quantitative estimate of drug-likeness (QED) is 0.0737. The average molecular weight is 518 g/mol. The Morgan fingerprint density at radius 2 is 0.838 bits per heavy atom. The minimum Gasteiger partial charge on any atom is -0.234 e. The van der Waals surface area contributed by atoms with Gasteiger partial charge < -0.3 is 0 Å². The Morgan fingerprint density at radius 3 is 1.30 bits per heavy atom. The van der Waals surface area contributed by atoms with Gasteiger partial charge in [-0.05, 0) is 32.1 Å². The highest BCUT2D eigenvalue weighted by Crippen LogP contribution is 2.14. The summed E-state index contributed by atoms with van der Waals surface area (Å²) in [4.78, 5) is 0. The first-order valence-corrected chi connectivity index (χ1v) is 17.4. The highest BCUT2D eigenvalue weighted by molar-refractivity contribution is 4.84. The number of hydrogen-bond donors (Lipinski definition) is 0. The van der Waals surface area contributed by atoms with Gasteiger partial charge in [0.2, 0.25) is 0 Å². The van der Waals surface area contributed by atoms with Gasteiger partial charge in [0, 0.05) is 6.42 Å². The molecule has 0 N–H and O–H groups in total. The Bertz CT molecular complexity index is 576. The van der Waals surface area contributed by atoms with Gasteiger partial charge in [0.1, 0.15) is 12.4 Å². The predicted octanol–water partition coefficient (Wildman–Crippen LogP) is 11.5. The zero-order chi connectivity index (χ0) is 26.7. The van der Waals surface area contributed by atoms with E-state index in [9.17, 15) is 0 Å². The van der Waals surface area contributed by atoms with E-state index in [2.05, 4.69) is 42.3 Å². The second kappa shape index (κ2) is 26.8. The van der Waals surface area contributed by atoms with Crippen molar-refractivity contribution in [3.63, 3.8) is 0 Å². The van der Waals surface area contributed by atoms with Crippen LogP contribution in [0.4, 0.5) is 0 Å². The molecule has 0 aromatic carbocycles. The molecule has 1 aromatic rings. The van der Waals surface area contributed by atoms with Crippen LogP contribution in [-0.2, 0) is 19.5 Å². The van der Waals surface area contributed by atoms with Crippen molar-refractivity contribution in [2.24, 2.45) is 0 Å². The highest BCUT2D eigenvalue weighted by atomic mass is 15.1. The van der Waals surface area contributed by atoms with Gasteiger partial charge in [0.05, 0.1) is 13.1 Å². The summed E-state index contributed by atoms with van der Waals surface area (Å²) in [7, 11) is 0. The summed E-state index contributed by atoms with van der Waals surface area (Å²) in [5.74, 6) is 1.61. The maximum Gasteiger partial charge on any atom is 0.256 e. The van der Waals surface area contributed by atoms with Crippen molar-refractivity contribution in [3.05, 3.63) is 18.2 Å². The van der Waals surface area contributed by atoms with E-state index < -0.39 is 0 Å². The number of aromatic nitrogens is 2. The zero-order valence-corrected chi connectivity index (χ0v) is 26.1. The molecule has 218 valence electrons. The number of nitrogens with zero attached hydrogens (tertiary/aromatic N) is 2. The third kappa shape index (κ3) is 19.9. The van der Waals surface area contributed by atoms with Crippen molar-refractivity contribution in [1.29, 1.82) is 0 Å². The summed E-state index contributed by atoms with van der Waals surface area (Å²) in [5, 5.41) is 0. The summed E-state index contributed by atoms with van der Waals surface area (Å²) in [6, 6.07) is 0. The molecule has 0 bridgehead atoms. The summed E-state index contributed by atoms with van der Waals surface area (Å²) in [6.07, 6.45) is 43.0. The molecule has 0 fully saturated rings. The van der Waals surface area contributed by atoms with Crippen molar-refractivity contribution < 1.29 is 4.57 Å². The minimum absolute atomic E-state index is 1.23. The van der Waals surface area contributed by atoms with Crippen LogP contribution < -0.4 is 4.57 Å². The van der Waals surface area contributed by atoms with Gasteiger partial charge in [-0.15, -0.1) is 0 Å². The van der Waals surface area contributed by atoms with Gasteiger partial charge in [-0.2, -0.15) is 0 Å². The fourth-order valence-electron chi connectivity index (χ4n) is 5.80. The topological polar surface area (TPSA) is 8.81 Å². The first-order chi connectivity index (χ1) is 18.3. The number of aryl methyl sites for hydroxylation is 2. The van der Waals surface area contributed by atoms with E-state index in [4.69, 9.17) is 0 Å². The fraction of sp³-hybridized carbons (Fsp3) is 0.914. The second-order valence-electron chi connectivity index (χ2n) is 12.0. The molecule has 2 nitrogen and oxygen atoms in total. The molecule has 0 radical (unpaired) electrons. The summed E-state index contributed by atoms with van der Waals surface area (Å²) in [5.41, 5.74) is 0. The standard InChI is InChI=1S/C35H69N2/c1-4-7-10-13-15-17-18-19-20-22-24-26-29-32-37-34-33-36(35(37)30-27-12-9-6-3)31-28-25-23-21-16-14-11-8-5-2/h33-34H,4-32H2,1-3H3/q+1. The molecule has 0 unspecified atom stereocenters. The largest absolute Gasteiger partial charge is 0.256 e. The molecule has 0 aliphatic heterocycles. The molecule has 0 spiro atoms. The van der Waals surface area contributed by atoms with Gasteiger partial charge >= 0.3 is 0 Å². The lowest BCUT2D eigenvalue weighted by atomic mass is 10.0. The lowest BCUT2D eigenvalue weighted by Crippen LogP contribution is -2.37. The van der Waals surface area contributed by atoms with E-state index in [1.54, 1.807) is 5.82 Å². The van der Waals surface area contributed by atoms with E-state index in [-0.39, 0.29) is 0 Å². The molecule has 2 heteroatoms. The molecule has 0 aliphatic carbocycles. The van der Waals surface area contributed by atoms with Gasteiger partial charge in [-0.3, -0.25) is 0 Å². The zero-order valence-electron chi connectivity index (χ0n) is 26.1. The van der Waals surface area contributed by atoms with Crippen LogP contribution in [0.2, 0.25) is 0 Å². The van der Waals surface area contributed by atoms with E-state index in [0.717, 1.165) is 0 Å². The maximum absolute atomic E-state index is 2.61. The number of imidazole rings is 1. The van der Waals surface area contributed by atoms with Gasteiger partial charge in [0.15, 0.2) is 0 Å². The molecule has 1 heterocycles. The van der Waals surface area contributed by atoms with Crippen molar-refractivity contribution in [2.45, 2.75) is 207 Å². The van der Waals surface area contributed by atoms with Crippen molar-refractivity contribution in [3.8, 4) is 0 Å². The van der Waals surface area contributed by atoms with Crippen LogP contribution in [-0.4, -0.2) is 4.57 Å². The molecule has 0 amide bonds. The SMILES string of the molecule is CCCCCCCCCCCCCCC[n+]1ccn(CCCCCCCCCCC)c1CCCCCC. The first-order valence-electron chi connectivity index (χ1n) is 17.4. The van der Waals surface area contributed by atoms with Crippen molar-refractivity contribution in [2.75, 3.05) is 0 Å².